The van der Waals surface area contributed by atoms with Crippen molar-refractivity contribution in [3.05, 3.63) is 0 Å². The lowest BCUT2D eigenvalue weighted by molar-refractivity contribution is 0.0252. The van der Waals surface area contributed by atoms with E-state index in [0.29, 0.717) is 11.6 Å². The average Bonchev–Trinajstić information content (AvgIpc) is 2.40. The third kappa shape index (κ3) is 3.21. The van der Waals surface area contributed by atoms with E-state index in [1.165, 1.54) is 51.6 Å². The number of ether oxygens (including phenoxy) is 1. The highest BCUT2D eigenvalue weighted by molar-refractivity contribution is 4.91. The molecule has 17 heavy (non-hydrogen) atoms. The fourth-order valence-corrected chi connectivity index (χ4v) is 3.28. The average molecular weight is 240 g/mol. The molecule has 2 fully saturated rings. The van der Waals surface area contributed by atoms with Gasteiger partial charge in [0, 0.05) is 31.8 Å². The molecule has 0 aromatic carbocycles. The Bertz CT molecular complexity index is 228. The van der Waals surface area contributed by atoms with E-state index in [9.17, 15) is 0 Å². The maximum atomic E-state index is 5.45. The zero-order valence-electron chi connectivity index (χ0n) is 11.7. The summed E-state index contributed by atoms with van der Waals surface area (Å²) in [7, 11) is 3.95. The van der Waals surface area contributed by atoms with E-state index < -0.39 is 0 Å². The van der Waals surface area contributed by atoms with Crippen molar-refractivity contribution in [2.45, 2.75) is 63.1 Å². The highest BCUT2D eigenvalue weighted by atomic mass is 16.5. The number of piperidine rings is 1. The van der Waals surface area contributed by atoms with Gasteiger partial charge in [-0.3, -0.25) is 0 Å². The lowest BCUT2D eigenvalue weighted by Crippen LogP contribution is -2.53. The minimum atomic E-state index is 0.375. The van der Waals surface area contributed by atoms with Crippen LogP contribution in [0.1, 0.15) is 45.4 Å². The van der Waals surface area contributed by atoms with Crippen LogP contribution in [0.15, 0.2) is 0 Å². The molecule has 0 radical (unpaired) electrons. The van der Waals surface area contributed by atoms with E-state index in [1.54, 1.807) is 0 Å². The Labute approximate surface area is 106 Å². The molecule has 0 unspecified atom stereocenters. The first-order valence-electron chi connectivity index (χ1n) is 7.12. The van der Waals surface area contributed by atoms with Crippen molar-refractivity contribution in [2.75, 3.05) is 27.2 Å². The van der Waals surface area contributed by atoms with Crippen LogP contribution < -0.4 is 5.32 Å². The van der Waals surface area contributed by atoms with Gasteiger partial charge in [-0.1, -0.05) is 0 Å². The van der Waals surface area contributed by atoms with Crippen LogP contribution >= 0.6 is 0 Å². The predicted octanol–water partition coefficient (Wildman–Crippen LogP) is 2.02. The molecule has 0 aromatic rings. The van der Waals surface area contributed by atoms with Gasteiger partial charge in [-0.15, -0.1) is 0 Å². The molecule has 1 saturated heterocycles. The topological polar surface area (TPSA) is 24.5 Å². The van der Waals surface area contributed by atoms with E-state index in [-0.39, 0.29) is 0 Å². The molecule has 1 N–H and O–H groups in total. The smallest absolute Gasteiger partial charge is 0.0572 e. The number of rotatable bonds is 3. The fraction of sp³-hybridized carbons (Fsp3) is 1.00. The van der Waals surface area contributed by atoms with Crippen molar-refractivity contribution in [3.8, 4) is 0 Å². The lowest BCUT2D eigenvalue weighted by atomic mass is 9.86. The quantitative estimate of drug-likeness (QED) is 0.817. The molecule has 100 valence electrons. The normalized spacial score (nSPS) is 34.8. The van der Waals surface area contributed by atoms with Crippen molar-refractivity contribution in [1.82, 2.24) is 10.2 Å². The Balaban J connectivity index is 1.78. The van der Waals surface area contributed by atoms with Crippen LogP contribution in [-0.4, -0.2) is 49.8 Å². The summed E-state index contributed by atoms with van der Waals surface area (Å²) in [6.45, 7) is 4.88. The van der Waals surface area contributed by atoms with E-state index in [4.69, 9.17) is 4.74 Å². The second kappa shape index (κ2) is 5.68. The number of hydrogen-bond donors (Lipinski definition) is 1. The molecule has 3 heteroatoms. The Morgan fingerprint density at radius 2 is 1.71 bits per heavy atom. The number of nitrogens with zero attached hydrogens (tertiary/aromatic N) is 1. The molecular weight excluding hydrogens is 212 g/mol. The molecule has 0 amide bonds. The van der Waals surface area contributed by atoms with Gasteiger partial charge >= 0.3 is 0 Å². The minimum absolute atomic E-state index is 0.375. The van der Waals surface area contributed by atoms with Crippen molar-refractivity contribution < 1.29 is 4.74 Å². The summed E-state index contributed by atoms with van der Waals surface area (Å²) < 4.78 is 5.45. The molecular formula is C14H28N2O. The predicted molar refractivity (Wildman–Crippen MR) is 71.3 cm³/mol. The highest BCUT2D eigenvalue weighted by Gasteiger charge is 2.33. The maximum absolute atomic E-state index is 5.45. The number of methoxy groups -OCH3 is 1. The SMILES string of the molecule is CNC1(C)CCN(C2CCC(OC)CC2)CC1. The number of nitrogens with one attached hydrogen (secondary N) is 1. The highest BCUT2D eigenvalue weighted by Crippen LogP contribution is 2.29. The summed E-state index contributed by atoms with van der Waals surface area (Å²) in [5, 5.41) is 3.47. The van der Waals surface area contributed by atoms with Gasteiger partial charge in [-0.2, -0.15) is 0 Å². The Morgan fingerprint density at radius 3 is 2.18 bits per heavy atom. The molecule has 0 bridgehead atoms. The van der Waals surface area contributed by atoms with E-state index >= 15 is 0 Å². The van der Waals surface area contributed by atoms with Crippen molar-refractivity contribution in [1.29, 1.82) is 0 Å². The van der Waals surface area contributed by atoms with Gasteiger partial charge in [0.15, 0.2) is 0 Å². The van der Waals surface area contributed by atoms with Gasteiger partial charge in [-0.05, 0) is 52.5 Å². The summed E-state index contributed by atoms with van der Waals surface area (Å²) in [4.78, 5) is 2.71. The van der Waals surface area contributed by atoms with Gasteiger partial charge < -0.3 is 15.0 Å². The number of hydrogen-bond acceptors (Lipinski definition) is 3. The van der Waals surface area contributed by atoms with Crippen LogP contribution in [0.2, 0.25) is 0 Å². The third-order valence-electron chi connectivity index (χ3n) is 5.00. The second-order valence-corrected chi connectivity index (χ2v) is 6.01. The van der Waals surface area contributed by atoms with Gasteiger partial charge in [0.1, 0.15) is 0 Å². The molecule has 1 saturated carbocycles. The molecule has 1 heterocycles. The van der Waals surface area contributed by atoms with E-state index in [1.807, 2.05) is 7.11 Å². The van der Waals surface area contributed by atoms with Crippen LogP contribution in [0.5, 0.6) is 0 Å². The van der Waals surface area contributed by atoms with Crippen LogP contribution in [0.3, 0.4) is 0 Å². The molecule has 1 aliphatic carbocycles. The lowest BCUT2D eigenvalue weighted by Gasteiger charge is -2.44. The van der Waals surface area contributed by atoms with Gasteiger partial charge in [-0.25, -0.2) is 0 Å². The maximum Gasteiger partial charge on any atom is 0.0572 e. The minimum Gasteiger partial charge on any atom is -0.381 e. The first-order chi connectivity index (χ1) is 8.17. The Hall–Kier alpha value is -0.120. The molecule has 0 aromatic heterocycles. The van der Waals surface area contributed by atoms with E-state index in [2.05, 4.69) is 24.2 Å². The summed E-state index contributed by atoms with van der Waals surface area (Å²) in [5.74, 6) is 0. The monoisotopic (exact) mass is 240 g/mol. The largest absolute Gasteiger partial charge is 0.381 e. The molecule has 1 aliphatic heterocycles. The van der Waals surface area contributed by atoms with Crippen LogP contribution in [0.4, 0.5) is 0 Å². The second-order valence-electron chi connectivity index (χ2n) is 6.01. The first-order valence-corrected chi connectivity index (χ1v) is 7.12. The molecule has 2 aliphatic rings. The molecule has 0 spiro atoms. The molecule has 3 nitrogen and oxygen atoms in total. The van der Waals surface area contributed by atoms with Gasteiger partial charge in [0.2, 0.25) is 0 Å². The van der Waals surface area contributed by atoms with E-state index in [0.717, 1.165) is 6.04 Å². The van der Waals surface area contributed by atoms with Crippen LogP contribution in [-0.2, 0) is 4.74 Å². The zero-order chi connectivity index (χ0) is 12.3. The fourth-order valence-electron chi connectivity index (χ4n) is 3.28. The van der Waals surface area contributed by atoms with Crippen LogP contribution in [0.25, 0.3) is 0 Å². The zero-order valence-corrected chi connectivity index (χ0v) is 11.7. The van der Waals surface area contributed by atoms with Crippen molar-refractivity contribution in [2.24, 2.45) is 0 Å². The standard InChI is InChI=1S/C14H28N2O/c1-14(15-2)8-10-16(11-9-14)12-4-6-13(17-3)7-5-12/h12-13,15H,4-11H2,1-3H3. The Kier molecular flexibility index (Phi) is 4.45. The molecule has 0 atom stereocenters. The summed E-state index contributed by atoms with van der Waals surface area (Å²) >= 11 is 0. The van der Waals surface area contributed by atoms with Gasteiger partial charge in [0.25, 0.3) is 0 Å². The van der Waals surface area contributed by atoms with Crippen LogP contribution in [0, 0.1) is 0 Å². The third-order valence-corrected chi connectivity index (χ3v) is 5.00. The summed E-state index contributed by atoms with van der Waals surface area (Å²) in [6, 6.07) is 0.822. The van der Waals surface area contributed by atoms with Crippen molar-refractivity contribution >= 4 is 0 Å². The van der Waals surface area contributed by atoms with Crippen molar-refractivity contribution in [3.63, 3.8) is 0 Å². The molecule has 2 rings (SSSR count). The summed E-state index contributed by atoms with van der Waals surface area (Å²) in [6.07, 6.45) is 8.26. The number of likely N-dealkylation sites (tertiary alicyclic amines) is 1. The summed E-state index contributed by atoms with van der Waals surface area (Å²) in [5.41, 5.74) is 0.375. The first kappa shape index (κ1) is 13.3. The Morgan fingerprint density at radius 1 is 1.12 bits per heavy atom. The van der Waals surface area contributed by atoms with Gasteiger partial charge in [0.05, 0.1) is 6.10 Å².